The highest BCUT2D eigenvalue weighted by molar-refractivity contribution is 6.00. The summed E-state index contributed by atoms with van der Waals surface area (Å²) >= 11 is 0. The molecular weight excluding hydrogens is 918 g/mol. The highest BCUT2D eigenvalue weighted by Crippen LogP contribution is 2.42. The largest absolute Gasteiger partial charge is 0.457 e. The van der Waals surface area contributed by atoms with E-state index in [0.29, 0.717) is 52.2 Å². The van der Waals surface area contributed by atoms with Gasteiger partial charge in [0.25, 0.3) is 0 Å². The number of likely N-dealkylation sites (N-methyl/N-ethyl adjacent to an activating group) is 1. The van der Waals surface area contributed by atoms with Crippen molar-refractivity contribution in [2.24, 2.45) is 0 Å². The number of nitrogens with two attached hydrogens (primary N) is 2. The van der Waals surface area contributed by atoms with E-state index in [1.165, 1.54) is 43.9 Å². The van der Waals surface area contributed by atoms with Crippen molar-refractivity contribution in [2.45, 2.75) is 82.0 Å². The molecule has 2 saturated carbocycles. The highest BCUT2D eigenvalue weighted by Gasteiger charge is 2.34. The van der Waals surface area contributed by atoms with Crippen LogP contribution in [0, 0.1) is 5.82 Å². The molecule has 15 nitrogen and oxygen atoms in total. The number of hydrogen-bond acceptors (Lipinski definition) is 13. The van der Waals surface area contributed by atoms with Crippen molar-refractivity contribution in [3.05, 3.63) is 133 Å². The van der Waals surface area contributed by atoms with Gasteiger partial charge in [-0.25, -0.2) is 28.8 Å². The molecule has 2 saturated heterocycles. The van der Waals surface area contributed by atoms with Gasteiger partial charge in [0.05, 0.1) is 5.39 Å². The maximum absolute atomic E-state index is 15.8. The minimum Gasteiger partial charge on any atom is -0.457 e. The molecule has 2 aliphatic heterocycles. The predicted octanol–water partition coefficient (Wildman–Crippen LogP) is 9.67. The molecule has 4 aromatic carbocycles. The van der Waals surface area contributed by atoms with E-state index in [4.69, 9.17) is 30.9 Å². The van der Waals surface area contributed by atoms with Crippen LogP contribution in [0.4, 0.5) is 16.0 Å². The van der Waals surface area contributed by atoms with Gasteiger partial charge in [-0.1, -0.05) is 48.5 Å². The van der Waals surface area contributed by atoms with E-state index < -0.39 is 5.82 Å². The van der Waals surface area contributed by atoms with Crippen LogP contribution in [0.15, 0.2) is 116 Å². The number of ether oxygens (including phenoxy) is 2. The summed E-state index contributed by atoms with van der Waals surface area (Å²) in [7, 11) is 2.22. The summed E-state index contributed by atoms with van der Waals surface area (Å²) in [5, 5.41) is 5.50. The van der Waals surface area contributed by atoms with Crippen LogP contribution in [0.1, 0.15) is 74.7 Å². The van der Waals surface area contributed by atoms with Crippen molar-refractivity contribution in [1.82, 2.24) is 53.7 Å². The number of nitrogens with zero attached hydrogens (tertiary/aromatic N) is 11. The van der Waals surface area contributed by atoms with Crippen molar-refractivity contribution in [3.8, 4) is 45.4 Å². The smallest absolute Gasteiger partial charge is 0.153 e. The van der Waals surface area contributed by atoms with Crippen molar-refractivity contribution >= 4 is 28.2 Å². The van der Waals surface area contributed by atoms with Gasteiger partial charge in [0.2, 0.25) is 0 Å². The molecule has 4 aliphatic rings. The quantitative estimate of drug-likeness (QED) is 0.119. The van der Waals surface area contributed by atoms with Crippen LogP contribution in [0.3, 0.4) is 0 Å². The van der Waals surface area contributed by atoms with Crippen molar-refractivity contribution in [3.63, 3.8) is 0 Å². The van der Waals surface area contributed by atoms with Gasteiger partial charge in [-0.05, 0) is 106 Å². The van der Waals surface area contributed by atoms with E-state index in [1.807, 2.05) is 36.4 Å². The average molecular weight is 982 g/mol. The van der Waals surface area contributed by atoms with E-state index >= 15 is 4.39 Å². The van der Waals surface area contributed by atoms with Crippen LogP contribution in [-0.4, -0.2) is 125 Å². The molecule has 16 heteroatoms. The third-order valence-corrected chi connectivity index (χ3v) is 16.2. The molecule has 4 N–H and O–H groups in total. The van der Waals surface area contributed by atoms with Gasteiger partial charge in [-0.3, -0.25) is 14.7 Å². The van der Waals surface area contributed by atoms with Gasteiger partial charge in [0.1, 0.15) is 70.0 Å². The van der Waals surface area contributed by atoms with Gasteiger partial charge in [-0.15, -0.1) is 0 Å². The molecule has 12 rings (SSSR count). The fourth-order valence-corrected chi connectivity index (χ4v) is 12.1. The maximum Gasteiger partial charge on any atom is 0.153 e. The zero-order valence-corrected chi connectivity index (χ0v) is 41.6. The Hall–Kier alpha value is -6.98. The number of benzene rings is 4. The van der Waals surface area contributed by atoms with E-state index in [2.05, 4.69) is 94.9 Å². The zero-order valence-electron chi connectivity index (χ0n) is 41.6. The maximum atomic E-state index is 15.8. The number of imidazole rings is 1. The van der Waals surface area contributed by atoms with Crippen LogP contribution in [0.5, 0.6) is 23.0 Å². The molecule has 4 aromatic heterocycles. The van der Waals surface area contributed by atoms with Gasteiger partial charge in [0.15, 0.2) is 5.82 Å². The minimum absolute atomic E-state index is 0.159. The lowest BCUT2D eigenvalue weighted by molar-refractivity contribution is 0.0719. The Balaban J connectivity index is 0.661. The van der Waals surface area contributed by atoms with Gasteiger partial charge in [0, 0.05) is 112 Å². The summed E-state index contributed by atoms with van der Waals surface area (Å²) in [4.78, 5) is 28.9. The molecule has 73 heavy (non-hydrogen) atoms. The van der Waals surface area contributed by atoms with Gasteiger partial charge >= 0.3 is 0 Å². The Labute approximate surface area is 425 Å². The lowest BCUT2D eigenvalue weighted by Gasteiger charge is -2.42. The van der Waals surface area contributed by atoms with Crippen LogP contribution in [0.2, 0.25) is 0 Å². The summed E-state index contributed by atoms with van der Waals surface area (Å²) in [5.41, 5.74) is 18.5. The van der Waals surface area contributed by atoms with Crippen LogP contribution < -0.4 is 20.9 Å². The third-order valence-electron chi connectivity index (χ3n) is 16.2. The molecule has 4 fully saturated rings. The van der Waals surface area contributed by atoms with Gasteiger partial charge < -0.3 is 30.4 Å². The summed E-state index contributed by atoms with van der Waals surface area (Å²) in [6, 6.07) is 32.5. The van der Waals surface area contributed by atoms with Gasteiger partial charge in [-0.2, -0.15) is 5.10 Å². The number of hydrogen-bond donors (Lipinski definition) is 2. The number of rotatable bonds is 12. The first kappa shape index (κ1) is 47.1. The Morgan fingerprint density at radius 1 is 0.616 bits per heavy atom. The van der Waals surface area contributed by atoms with Crippen molar-refractivity contribution < 1.29 is 13.9 Å². The van der Waals surface area contributed by atoms with Crippen molar-refractivity contribution in [1.29, 1.82) is 0 Å². The first-order valence-corrected chi connectivity index (χ1v) is 26.2. The Bertz CT molecular complexity index is 3190. The number of aromatic nitrogens is 7. The number of anilines is 2. The van der Waals surface area contributed by atoms with E-state index in [0.717, 1.165) is 124 Å². The number of para-hydroxylation sites is 2. The molecule has 376 valence electrons. The first-order valence-electron chi connectivity index (χ1n) is 26.2. The molecule has 0 amide bonds. The molecule has 0 radical (unpaired) electrons. The predicted molar refractivity (Wildman–Crippen MR) is 283 cm³/mol. The van der Waals surface area contributed by atoms with Crippen LogP contribution >= 0.6 is 0 Å². The van der Waals surface area contributed by atoms with E-state index in [-0.39, 0.29) is 11.7 Å². The van der Waals surface area contributed by atoms with Crippen molar-refractivity contribution in [2.75, 3.05) is 70.9 Å². The number of halogens is 1. The second kappa shape index (κ2) is 20.5. The average Bonchev–Trinajstić information content (AvgIpc) is 4.02. The van der Waals surface area contributed by atoms with E-state index in [9.17, 15) is 0 Å². The number of fused-ring (bicyclic) bond motifs is 2. The molecule has 2 aliphatic carbocycles. The van der Waals surface area contributed by atoms with Crippen LogP contribution in [-0.2, 0) is 6.54 Å². The number of nitrogen functional groups attached to an aromatic ring is 2. The molecule has 0 unspecified atom stereocenters. The fourth-order valence-electron chi connectivity index (χ4n) is 12.1. The Kier molecular flexibility index (Phi) is 13.2. The second-order valence-corrected chi connectivity index (χ2v) is 20.5. The molecule has 0 atom stereocenters. The highest BCUT2D eigenvalue weighted by atomic mass is 19.1. The lowest BCUT2D eigenvalue weighted by atomic mass is 9.84. The molecule has 8 aromatic rings. The SMILES string of the molecule is CN1CCN(C2CCC(n3cc(-c4ccc(Oc5ccccc5CN5CCN(C6CCC(c7nc(-c8ccc(Oc9ccccc9)cc8F)c8c(N)ncnn78)CC6)CC5)cc4)c4c(N)ncnc43)CC2)CC1. The lowest BCUT2D eigenvalue weighted by Crippen LogP contribution is -2.50. The first-order chi connectivity index (χ1) is 35.8. The summed E-state index contributed by atoms with van der Waals surface area (Å²) in [6.45, 7) is 9.43. The Morgan fingerprint density at radius 2 is 1.26 bits per heavy atom. The third kappa shape index (κ3) is 9.72. The minimum atomic E-state index is -0.449. The normalized spacial score (nSPS) is 21.7. The second-order valence-electron chi connectivity index (χ2n) is 20.5. The fraction of sp³-hybridized carbons (Fsp3) is 0.386. The topological polar surface area (TPSA) is 157 Å². The monoisotopic (exact) mass is 982 g/mol. The summed E-state index contributed by atoms with van der Waals surface area (Å²) < 4.78 is 32.5. The van der Waals surface area contributed by atoms with E-state index in [1.54, 1.807) is 23.0 Å². The molecule has 0 bridgehead atoms. The standard InChI is InChI=1S/C57H64FN13O2/c1-66-25-29-68(30-26-66)42-17-19-43(20-18-42)70-35-48(51-54(59)61-36-63-57(51)70)38-13-21-45(22-14-38)73-50-10-6-5-7-40(50)34-67-27-31-69(32-28-67)41-15-11-39(12-16-41)56-65-52(53-55(60)62-37-64-71(53)56)47-24-23-46(33-49(47)58)72-44-8-3-2-4-9-44/h2-10,13-14,21-24,33,35-37,39,41-43H,11-12,15-20,25-32,34H2,1H3,(H2,59,61,63)(H2,60,62,64). The molecule has 0 spiro atoms. The Morgan fingerprint density at radius 3 is 2.00 bits per heavy atom. The summed E-state index contributed by atoms with van der Waals surface area (Å²) in [6.07, 6.45) is 14.0. The number of piperazine rings is 2. The summed E-state index contributed by atoms with van der Waals surface area (Å²) in [5.74, 6) is 3.99. The zero-order chi connectivity index (χ0) is 49.4. The molecule has 6 heterocycles. The van der Waals surface area contributed by atoms with Crippen LogP contribution in [0.25, 0.3) is 38.9 Å². The molecular formula is C57H64FN13O2.